The first-order valence-electron chi connectivity index (χ1n) is 7.94. The number of carboxylic acid groups (broad SMARTS) is 1. The summed E-state index contributed by atoms with van der Waals surface area (Å²) < 4.78 is 11.0. The molecule has 6 heteroatoms. The second kappa shape index (κ2) is 9.50. The zero-order chi connectivity index (χ0) is 18.9. The highest BCUT2D eigenvalue weighted by molar-refractivity contribution is 6.32. The molecule has 2 aromatic rings. The molecule has 0 aliphatic heterocycles. The monoisotopic (exact) mass is 371 g/mol. The van der Waals surface area contributed by atoms with Crippen LogP contribution in [0.2, 0.25) is 5.02 Å². The molecule has 0 aromatic heterocycles. The van der Waals surface area contributed by atoms with Crippen molar-refractivity contribution in [3.05, 3.63) is 64.2 Å². The number of carbonyl (C=O) groups is 1. The third-order valence-electron chi connectivity index (χ3n) is 3.61. The highest BCUT2D eigenvalue weighted by atomic mass is 35.5. The molecule has 0 aliphatic carbocycles. The molecule has 26 heavy (non-hydrogen) atoms. The zero-order valence-corrected chi connectivity index (χ0v) is 15.0. The summed E-state index contributed by atoms with van der Waals surface area (Å²) in [5, 5.41) is 18.1. The topological polar surface area (TPSA) is 79.5 Å². The van der Waals surface area contributed by atoms with E-state index in [0.717, 1.165) is 12.8 Å². The quantitative estimate of drug-likeness (QED) is 0.424. The third kappa shape index (κ3) is 5.27. The number of nitriles is 1. The largest absolute Gasteiger partial charge is 0.493 e. The maximum atomic E-state index is 11.0. The summed E-state index contributed by atoms with van der Waals surface area (Å²) in [6, 6.07) is 14.8. The predicted molar refractivity (Wildman–Crippen MR) is 99.5 cm³/mol. The highest BCUT2D eigenvalue weighted by Gasteiger charge is 2.13. The van der Waals surface area contributed by atoms with E-state index < -0.39 is 5.97 Å². The molecule has 0 saturated heterocycles. The molecular formula is C20H18ClNO4. The van der Waals surface area contributed by atoms with E-state index in [9.17, 15) is 4.79 Å². The average molecular weight is 372 g/mol. The normalized spacial score (nSPS) is 10.9. The van der Waals surface area contributed by atoms with Crippen molar-refractivity contribution >= 4 is 23.6 Å². The number of halogens is 1. The van der Waals surface area contributed by atoms with Crippen LogP contribution in [0, 0.1) is 11.3 Å². The van der Waals surface area contributed by atoms with Crippen LogP contribution in [0.1, 0.15) is 17.5 Å². The lowest BCUT2D eigenvalue weighted by molar-refractivity contribution is -0.132. The first kappa shape index (κ1) is 19.4. The van der Waals surface area contributed by atoms with Crippen molar-refractivity contribution in [3.63, 3.8) is 0 Å². The molecule has 5 nitrogen and oxygen atoms in total. The van der Waals surface area contributed by atoms with Crippen molar-refractivity contribution in [1.82, 2.24) is 0 Å². The van der Waals surface area contributed by atoms with Gasteiger partial charge in [0, 0.05) is 0 Å². The van der Waals surface area contributed by atoms with Crippen LogP contribution in [-0.2, 0) is 11.2 Å². The van der Waals surface area contributed by atoms with Gasteiger partial charge in [-0.15, -0.1) is 0 Å². The first-order valence-corrected chi connectivity index (χ1v) is 8.32. The Bertz CT molecular complexity index is 841. The molecule has 0 atom stereocenters. The maximum absolute atomic E-state index is 11.0. The number of ether oxygens (including phenoxy) is 2. The van der Waals surface area contributed by atoms with E-state index in [2.05, 4.69) is 12.1 Å². The van der Waals surface area contributed by atoms with Gasteiger partial charge in [0.25, 0.3) is 0 Å². The molecule has 0 radical (unpaired) electrons. The highest BCUT2D eigenvalue weighted by Crippen LogP contribution is 2.37. The number of hydrogen-bond acceptors (Lipinski definition) is 4. The Balaban J connectivity index is 2.09. The molecule has 2 aromatic carbocycles. The Morgan fingerprint density at radius 2 is 2.04 bits per heavy atom. The van der Waals surface area contributed by atoms with Gasteiger partial charge >= 0.3 is 5.97 Å². The van der Waals surface area contributed by atoms with Crippen molar-refractivity contribution in [2.24, 2.45) is 0 Å². The van der Waals surface area contributed by atoms with Crippen molar-refractivity contribution < 1.29 is 19.4 Å². The molecule has 0 fully saturated rings. The number of rotatable bonds is 8. The van der Waals surface area contributed by atoms with Crippen molar-refractivity contribution in [2.45, 2.75) is 12.8 Å². The molecule has 2 rings (SSSR count). The van der Waals surface area contributed by atoms with Crippen LogP contribution in [0.4, 0.5) is 0 Å². The van der Waals surface area contributed by atoms with Crippen LogP contribution in [0.25, 0.3) is 6.08 Å². The van der Waals surface area contributed by atoms with Gasteiger partial charge in [-0.05, 0) is 42.2 Å². The number of aliphatic carboxylic acids is 1. The van der Waals surface area contributed by atoms with Gasteiger partial charge in [-0.2, -0.15) is 5.26 Å². The molecule has 0 aliphatic rings. The van der Waals surface area contributed by atoms with E-state index in [4.69, 9.17) is 31.4 Å². The van der Waals surface area contributed by atoms with Gasteiger partial charge in [0.15, 0.2) is 11.5 Å². The number of nitrogens with zero attached hydrogens (tertiary/aromatic N) is 1. The minimum absolute atomic E-state index is 0.290. The summed E-state index contributed by atoms with van der Waals surface area (Å²) in [4.78, 5) is 11.0. The fourth-order valence-corrected chi connectivity index (χ4v) is 2.64. The summed E-state index contributed by atoms with van der Waals surface area (Å²) in [6.45, 7) is 0.457. The fraction of sp³-hybridized carbons (Fsp3) is 0.200. The van der Waals surface area contributed by atoms with E-state index in [-0.39, 0.29) is 10.6 Å². The summed E-state index contributed by atoms with van der Waals surface area (Å²) in [5.41, 5.74) is 1.29. The Morgan fingerprint density at radius 3 is 2.65 bits per heavy atom. The molecule has 134 valence electrons. The van der Waals surface area contributed by atoms with Gasteiger partial charge in [0.1, 0.15) is 11.6 Å². The summed E-state index contributed by atoms with van der Waals surface area (Å²) >= 11 is 6.25. The van der Waals surface area contributed by atoms with E-state index >= 15 is 0 Å². The number of hydrogen-bond donors (Lipinski definition) is 1. The minimum Gasteiger partial charge on any atom is -0.493 e. The number of carboxylic acids is 1. The lowest BCUT2D eigenvalue weighted by Gasteiger charge is -2.13. The summed E-state index contributed by atoms with van der Waals surface area (Å²) in [7, 11) is 1.47. The number of aryl methyl sites for hydroxylation is 1. The van der Waals surface area contributed by atoms with E-state index in [1.54, 1.807) is 12.1 Å². The van der Waals surface area contributed by atoms with Crippen LogP contribution < -0.4 is 9.47 Å². The Labute approximate surface area is 157 Å². The van der Waals surface area contributed by atoms with Gasteiger partial charge < -0.3 is 14.6 Å². The van der Waals surface area contributed by atoms with Gasteiger partial charge in [-0.3, -0.25) is 0 Å². The maximum Gasteiger partial charge on any atom is 0.346 e. The SMILES string of the molecule is COc1cc(C=C(C#N)C(=O)O)cc(Cl)c1OCCCc1ccccc1. The Morgan fingerprint density at radius 1 is 1.31 bits per heavy atom. The Hall–Kier alpha value is -2.97. The lowest BCUT2D eigenvalue weighted by Crippen LogP contribution is -2.02. The van der Waals surface area contributed by atoms with Crippen LogP contribution in [-0.4, -0.2) is 24.8 Å². The molecule has 0 bridgehead atoms. The van der Waals surface area contributed by atoms with Crippen molar-refractivity contribution in [1.29, 1.82) is 5.26 Å². The summed E-state index contributed by atoms with van der Waals surface area (Å²) in [6.07, 6.45) is 2.92. The van der Waals surface area contributed by atoms with Gasteiger partial charge in [-0.25, -0.2) is 4.79 Å². The van der Waals surface area contributed by atoms with Crippen molar-refractivity contribution in [2.75, 3.05) is 13.7 Å². The second-order valence-electron chi connectivity index (χ2n) is 5.45. The Kier molecular flexibility index (Phi) is 7.07. The van der Waals surface area contributed by atoms with Gasteiger partial charge in [0.2, 0.25) is 0 Å². The summed E-state index contributed by atoms with van der Waals surface area (Å²) in [5.74, 6) is -0.525. The van der Waals surface area contributed by atoms with Crippen LogP contribution in [0.15, 0.2) is 48.0 Å². The minimum atomic E-state index is -1.30. The van der Waals surface area contributed by atoms with Gasteiger partial charge in [-0.1, -0.05) is 41.9 Å². The fourth-order valence-electron chi connectivity index (χ4n) is 2.37. The van der Waals surface area contributed by atoms with E-state index in [0.29, 0.717) is 23.7 Å². The molecule has 1 N–H and O–H groups in total. The standard InChI is InChI=1S/C20H18ClNO4/c1-25-18-12-15(10-16(13-22)20(23)24)11-17(21)19(18)26-9-5-8-14-6-3-2-4-7-14/h2-4,6-7,10-12H,5,8-9H2,1H3,(H,23,24). The second-order valence-corrected chi connectivity index (χ2v) is 5.85. The number of benzene rings is 2. The van der Waals surface area contributed by atoms with Crippen LogP contribution in [0.3, 0.4) is 0 Å². The van der Waals surface area contributed by atoms with E-state index in [1.165, 1.54) is 24.8 Å². The van der Waals surface area contributed by atoms with Crippen LogP contribution >= 0.6 is 11.6 Å². The zero-order valence-electron chi connectivity index (χ0n) is 14.2. The molecule has 0 amide bonds. The average Bonchev–Trinajstić information content (AvgIpc) is 2.64. The third-order valence-corrected chi connectivity index (χ3v) is 3.89. The first-order chi connectivity index (χ1) is 12.5. The molecule has 0 heterocycles. The van der Waals surface area contributed by atoms with Gasteiger partial charge in [0.05, 0.1) is 18.7 Å². The molecular weight excluding hydrogens is 354 g/mol. The smallest absolute Gasteiger partial charge is 0.346 e. The van der Waals surface area contributed by atoms with Crippen molar-refractivity contribution in [3.8, 4) is 17.6 Å². The number of methoxy groups -OCH3 is 1. The van der Waals surface area contributed by atoms with Crippen LogP contribution in [0.5, 0.6) is 11.5 Å². The van der Waals surface area contributed by atoms with E-state index in [1.807, 2.05) is 18.2 Å². The predicted octanol–water partition coefficient (Wildman–Crippen LogP) is 4.35. The lowest BCUT2D eigenvalue weighted by atomic mass is 10.1. The molecule has 0 unspecified atom stereocenters. The molecule has 0 spiro atoms. The molecule has 0 saturated carbocycles.